The van der Waals surface area contributed by atoms with Gasteiger partial charge in [0.25, 0.3) is 0 Å². The van der Waals surface area contributed by atoms with Gasteiger partial charge in [0.1, 0.15) is 0 Å². The highest BCUT2D eigenvalue weighted by atomic mass is 35.5. The lowest BCUT2D eigenvalue weighted by molar-refractivity contribution is -0.116. The summed E-state index contributed by atoms with van der Waals surface area (Å²) in [7, 11) is 0. The van der Waals surface area contributed by atoms with E-state index in [4.69, 9.17) is 17.3 Å². The Morgan fingerprint density at radius 2 is 2.25 bits per heavy atom. The zero-order chi connectivity index (χ0) is 14.8. The molecular formula is C15H22ClN3O. The lowest BCUT2D eigenvalue weighted by Gasteiger charge is -2.31. The number of benzene rings is 1. The van der Waals surface area contributed by atoms with Crippen LogP contribution in [0.4, 0.5) is 11.4 Å². The Bertz CT molecular complexity index is 502. The van der Waals surface area contributed by atoms with Crippen LogP contribution in [0.25, 0.3) is 0 Å². The van der Waals surface area contributed by atoms with E-state index < -0.39 is 0 Å². The molecule has 1 aromatic rings. The van der Waals surface area contributed by atoms with Gasteiger partial charge in [-0.1, -0.05) is 11.6 Å². The fourth-order valence-electron chi connectivity index (χ4n) is 2.66. The van der Waals surface area contributed by atoms with Crippen molar-refractivity contribution in [2.75, 3.05) is 24.1 Å². The van der Waals surface area contributed by atoms with Gasteiger partial charge in [-0.15, -0.1) is 0 Å². The van der Waals surface area contributed by atoms with Crippen molar-refractivity contribution in [2.45, 2.75) is 38.6 Å². The molecule has 1 aliphatic rings. The van der Waals surface area contributed by atoms with Crippen LogP contribution in [0.1, 0.15) is 33.1 Å². The number of hydrogen-bond acceptors (Lipinski definition) is 3. The molecule has 0 spiro atoms. The SMILES string of the molecule is CC1(C)CCCN1CCC(=O)Nc1cc(Cl)ccc1N. The van der Waals surface area contributed by atoms with Crippen LogP contribution in [0.15, 0.2) is 18.2 Å². The van der Waals surface area contributed by atoms with E-state index in [1.807, 2.05) is 0 Å². The van der Waals surface area contributed by atoms with Crippen LogP contribution in [0.5, 0.6) is 0 Å². The van der Waals surface area contributed by atoms with Gasteiger partial charge in [-0.3, -0.25) is 9.69 Å². The molecule has 2 rings (SSSR count). The molecule has 0 aliphatic carbocycles. The molecule has 0 unspecified atom stereocenters. The Balaban J connectivity index is 1.88. The van der Waals surface area contributed by atoms with E-state index in [9.17, 15) is 4.79 Å². The lowest BCUT2D eigenvalue weighted by Crippen LogP contribution is -2.39. The summed E-state index contributed by atoms with van der Waals surface area (Å²) in [6.45, 7) is 6.30. The summed E-state index contributed by atoms with van der Waals surface area (Å²) in [5, 5.41) is 3.39. The molecule has 20 heavy (non-hydrogen) atoms. The monoisotopic (exact) mass is 295 g/mol. The van der Waals surface area contributed by atoms with Crippen molar-refractivity contribution in [3.05, 3.63) is 23.2 Å². The Labute approximate surface area is 125 Å². The maximum atomic E-state index is 12.0. The van der Waals surface area contributed by atoms with Crippen molar-refractivity contribution in [3.8, 4) is 0 Å². The minimum Gasteiger partial charge on any atom is -0.397 e. The van der Waals surface area contributed by atoms with Gasteiger partial charge in [-0.2, -0.15) is 0 Å². The third-order valence-corrected chi connectivity index (χ3v) is 4.21. The van der Waals surface area contributed by atoms with Crippen molar-refractivity contribution in [2.24, 2.45) is 0 Å². The fraction of sp³-hybridized carbons (Fsp3) is 0.533. The molecule has 0 saturated carbocycles. The van der Waals surface area contributed by atoms with E-state index in [2.05, 4.69) is 24.1 Å². The van der Waals surface area contributed by atoms with Gasteiger partial charge in [-0.25, -0.2) is 0 Å². The van der Waals surface area contributed by atoms with Gasteiger partial charge < -0.3 is 11.1 Å². The van der Waals surface area contributed by atoms with Crippen LogP contribution in [0, 0.1) is 0 Å². The largest absolute Gasteiger partial charge is 0.397 e. The van der Waals surface area contributed by atoms with Gasteiger partial charge in [0, 0.05) is 23.5 Å². The van der Waals surface area contributed by atoms with Crippen LogP contribution < -0.4 is 11.1 Å². The average molecular weight is 296 g/mol. The molecule has 5 heteroatoms. The second-order valence-electron chi connectivity index (χ2n) is 5.93. The third kappa shape index (κ3) is 3.64. The number of nitrogens with zero attached hydrogens (tertiary/aromatic N) is 1. The van der Waals surface area contributed by atoms with E-state index in [0.29, 0.717) is 22.8 Å². The highest BCUT2D eigenvalue weighted by molar-refractivity contribution is 6.31. The summed E-state index contributed by atoms with van der Waals surface area (Å²) in [5.74, 6) is -0.0262. The molecule has 1 saturated heterocycles. The molecule has 1 aliphatic heterocycles. The Morgan fingerprint density at radius 3 is 2.90 bits per heavy atom. The number of amides is 1. The number of carbonyl (C=O) groups is 1. The summed E-state index contributed by atoms with van der Waals surface area (Å²) in [4.78, 5) is 14.4. The Hall–Kier alpha value is -1.26. The topological polar surface area (TPSA) is 58.4 Å². The van der Waals surface area contributed by atoms with Gasteiger partial charge in [0.15, 0.2) is 0 Å². The number of carbonyl (C=O) groups excluding carboxylic acids is 1. The first-order valence-electron chi connectivity index (χ1n) is 6.98. The van der Waals surface area contributed by atoms with Gasteiger partial charge in [0.05, 0.1) is 11.4 Å². The molecule has 110 valence electrons. The number of rotatable bonds is 4. The molecule has 4 nitrogen and oxygen atoms in total. The summed E-state index contributed by atoms with van der Waals surface area (Å²) in [6, 6.07) is 5.08. The maximum Gasteiger partial charge on any atom is 0.225 e. The quantitative estimate of drug-likeness (QED) is 0.839. The molecule has 0 radical (unpaired) electrons. The molecule has 1 aromatic carbocycles. The predicted octanol–water partition coefficient (Wildman–Crippen LogP) is 3.13. The Kier molecular flexibility index (Phi) is 4.55. The summed E-state index contributed by atoms with van der Waals surface area (Å²) in [5.41, 5.74) is 7.14. The molecule has 1 amide bonds. The minimum atomic E-state index is -0.0262. The van der Waals surface area contributed by atoms with Crippen molar-refractivity contribution < 1.29 is 4.79 Å². The Morgan fingerprint density at radius 1 is 1.50 bits per heavy atom. The third-order valence-electron chi connectivity index (χ3n) is 3.97. The van der Waals surface area contributed by atoms with Crippen molar-refractivity contribution in [1.29, 1.82) is 0 Å². The van der Waals surface area contributed by atoms with Crippen LogP contribution in [0.2, 0.25) is 5.02 Å². The van der Waals surface area contributed by atoms with Crippen LogP contribution in [-0.4, -0.2) is 29.4 Å². The normalized spacial score (nSPS) is 18.1. The van der Waals surface area contributed by atoms with Crippen molar-refractivity contribution in [3.63, 3.8) is 0 Å². The molecule has 3 N–H and O–H groups in total. The molecular weight excluding hydrogens is 274 g/mol. The molecule has 0 aromatic heterocycles. The zero-order valence-corrected chi connectivity index (χ0v) is 12.8. The smallest absolute Gasteiger partial charge is 0.225 e. The lowest BCUT2D eigenvalue weighted by atomic mass is 10.0. The first kappa shape index (κ1) is 15.1. The molecule has 0 atom stereocenters. The van der Waals surface area contributed by atoms with Crippen LogP contribution in [0.3, 0.4) is 0 Å². The van der Waals surface area contributed by atoms with Crippen molar-refractivity contribution in [1.82, 2.24) is 4.90 Å². The highest BCUT2D eigenvalue weighted by Crippen LogP contribution is 2.28. The summed E-state index contributed by atoms with van der Waals surface area (Å²) < 4.78 is 0. The fourth-order valence-corrected chi connectivity index (χ4v) is 2.84. The van der Waals surface area contributed by atoms with Gasteiger partial charge >= 0.3 is 0 Å². The number of anilines is 2. The standard InChI is InChI=1S/C15H22ClN3O/c1-15(2)7-3-8-19(15)9-6-14(20)18-13-10-11(16)4-5-12(13)17/h4-5,10H,3,6-9,17H2,1-2H3,(H,18,20). The molecule has 1 fully saturated rings. The van der Waals surface area contributed by atoms with Crippen LogP contribution >= 0.6 is 11.6 Å². The number of nitrogen functional groups attached to an aromatic ring is 1. The maximum absolute atomic E-state index is 12.0. The number of hydrogen-bond donors (Lipinski definition) is 2. The van der Waals surface area contributed by atoms with Crippen LogP contribution in [-0.2, 0) is 4.79 Å². The second-order valence-corrected chi connectivity index (χ2v) is 6.37. The number of halogens is 1. The zero-order valence-electron chi connectivity index (χ0n) is 12.1. The predicted molar refractivity (Wildman–Crippen MR) is 84.0 cm³/mol. The molecule has 1 heterocycles. The number of nitrogens with two attached hydrogens (primary N) is 1. The van der Waals surface area contributed by atoms with E-state index in [1.54, 1.807) is 18.2 Å². The number of likely N-dealkylation sites (tertiary alicyclic amines) is 1. The molecule has 0 bridgehead atoms. The van der Waals surface area contributed by atoms with Gasteiger partial charge in [-0.05, 0) is 51.4 Å². The summed E-state index contributed by atoms with van der Waals surface area (Å²) >= 11 is 5.90. The summed E-state index contributed by atoms with van der Waals surface area (Å²) in [6.07, 6.45) is 2.86. The average Bonchev–Trinajstić information content (AvgIpc) is 2.70. The van der Waals surface area contributed by atoms with Gasteiger partial charge in [0.2, 0.25) is 5.91 Å². The van der Waals surface area contributed by atoms with Crippen molar-refractivity contribution >= 4 is 28.9 Å². The number of nitrogens with one attached hydrogen (secondary N) is 1. The van der Waals surface area contributed by atoms with E-state index in [-0.39, 0.29) is 11.4 Å². The van der Waals surface area contributed by atoms with E-state index in [0.717, 1.165) is 13.1 Å². The highest BCUT2D eigenvalue weighted by Gasteiger charge is 2.31. The first-order valence-corrected chi connectivity index (χ1v) is 7.36. The van der Waals surface area contributed by atoms with E-state index >= 15 is 0 Å². The first-order chi connectivity index (χ1) is 9.38. The van der Waals surface area contributed by atoms with E-state index in [1.165, 1.54) is 12.8 Å². The minimum absolute atomic E-state index is 0.0262. The second kappa shape index (κ2) is 6.02.